The predicted octanol–water partition coefficient (Wildman–Crippen LogP) is 2.58. The Morgan fingerprint density at radius 1 is 1.04 bits per heavy atom. The first-order valence-corrected chi connectivity index (χ1v) is 7.59. The van der Waals surface area contributed by atoms with E-state index >= 15 is 0 Å². The summed E-state index contributed by atoms with van der Waals surface area (Å²) in [7, 11) is 0. The highest BCUT2D eigenvalue weighted by atomic mass is 16.5. The summed E-state index contributed by atoms with van der Waals surface area (Å²) in [4.78, 5) is 23.1. The van der Waals surface area contributed by atoms with Gasteiger partial charge >= 0.3 is 12.1 Å². The number of aryl methyl sites for hydroxylation is 1. The molecule has 0 fully saturated rings. The molecule has 24 heavy (non-hydrogen) atoms. The van der Waals surface area contributed by atoms with Gasteiger partial charge in [0, 0.05) is 5.69 Å². The predicted molar refractivity (Wildman–Crippen MR) is 90.4 cm³/mol. The highest BCUT2D eigenvalue weighted by molar-refractivity contribution is 5.79. The fraction of sp³-hybridized carbons (Fsp3) is 0.222. The monoisotopic (exact) mass is 328 g/mol. The van der Waals surface area contributed by atoms with Crippen LogP contribution < -0.4 is 11.1 Å². The van der Waals surface area contributed by atoms with Crippen LogP contribution in [-0.2, 0) is 22.6 Å². The van der Waals surface area contributed by atoms with Crippen molar-refractivity contribution in [3.8, 4) is 0 Å². The van der Waals surface area contributed by atoms with Gasteiger partial charge in [-0.05, 0) is 36.1 Å². The van der Waals surface area contributed by atoms with Crippen LogP contribution >= 0.6 is 0 Å². The van der Waals surface area contributed by atoms with E-state index in [0.717, 1.165) is 11.1 Å². The van der Waals surface area contributed by atoms with Crippen LogP contribution in [0.5, 0.6) is 0 Å². The maximum atomic E-state index is 11.8. The molecule has 0 aliphatic heterocycles. The van der Waals surface area contributed by atoms with Gasteiger partial charge in [0.1, 0.15) is 12.6 Å². The minimum Gasteiger partial charge on any atom is -0.480 e. The summed E-state index contributed by atoms with van der Waals surface area (Å²) in [6.45, 7) is 0.0527. The van der Waals surface area contributed by atoms with Crippen LogP contribution in [0.15, 0.2) is 54.6 Å². The molecular formula is C18H20N2O4. The number of rotatable bonds is 7. The average molecular weight is 328 g/mol. The average Bonchev–Trinajstić information content (AvgIpc) is 2.58. The number of aliphatic carboxylic acids is 1. The number of carboxylic acids is 1. The number of amides is 1. The number of hydrogen-bond donors (Lipinski definition) is 3. The van der Waals surface area contributed by atoms with Gasteiger partial charge in [-0.1, -0.05) is 42.5 Å². The molecular weight excluding hydrogens is 308 g/mol. The molecule has 0 unspecified atom stereocenters. The molecule has 2 aromatic carbocycles. The van der Waals surface area contributed by atoms with Crippen LogP contribution in [0, 0.1) is 0 Å². The Bertz CT molecular complexity index is 671. The molecule has 126 valence electrons. The van der Waals surface area contributed by atoms with Gasteiger partial charge in [-0.25, -0.2) is 9.59 Å². The minimum atomic E-state index is -1.09. The van der Waals surface area contributed by atoms with Crippen LogP contribution in [0.25, 0.3) is 0 Å². The zero-order valence-corrected chi connectivity index (χ0v) is 13.1. The maximum Gasteiger partial charge on any atom is 0.408 e. The van der Waals surface area contributed by atoms with Crippen molar-refractivity contribution in [2.24, 2.45) is 0 Å². The Morgan fingerprint density at radius 2 is 1.71 bits per heavy atom. The molecule has 0 heterocycles. The first-order valence-electron chi connectivity index (χ1n) is 7.59. The van der Waals surface area contributed by atoms with Crippen LogP contribution in [0.1, 0.15) is 17.5 Å². The van der Waals surface area contributed by atoms with E-state index in [9.17, 15) is 14.7 Å². The first kappa shape index (κ1) is 17.3. The number of hydrogen-bond acceptors (Lipinski definition) is 4. The fourth-order valence-electron chi connectivity index (χ4n) is 2.16. The lowest BCUT2D eigenvalue weighted by molar-refractivity contribution is -0.139. The zero-order valence-electron chi connectivity index (χ0n) is 13.1. The highest BCUT2D eigenvalue weighted by Crippen LogP contribution is 2.08. The molecule has 0 saturated heterocycles. The molecule has 0 radical (unpaired) electrons. The topological polar surface area (TPSA) is 102 Å². The standard InChI is InChI=1S/C18H20N2O4/c19-15-9-6-14(7-10-15)12-24-18(23)20-16(17(21)22)11-8-13-4-2-1-3-5-13/h1-7,9-10,16H,8,11-12,19H2,(H,20,23)(H,21,22)/t16-/m0/s1. The quantitative estimate of drug-likeness (QED) is 0.678. The Labute approximate surface area is 140 Å². The lowest BCUT2D eigenvalue weighted by Gasteiger charge is -2.14. The van der Waals surface area contributed by atoms with Gasteiger partial charge < -0.3 is 20.9 Å². The van der Waals surface area contributed by atoms with Gasteiger partial charge in [0.15, 0.2) is 0 Å². The van der Waals surface area contributed by atoms with Gasteiger partial charge in [0.05, 0.1) is 0 Å². The molecule has 1 amide bonds. The normalized spacial score (nSPS) is 11.5. The van der Waals surface area contributed by atoms with Crippen LogP contribution in [-0.4, -0.2) is 23.2 Å². The van der Waals surface area contributed by atoms with Crippen LogP contribution in [0.2, 0.25) is 0 Å². The van der Waals surface area contributed by atoms with Crippen molar-refractivity contribution in [1.29, 1.82) is 0 Å². The molecule has 0 saturated carbocycles. The van der Waals surface area contributed by atoms with E-state index in [1.165, 1.54) is 0 Å². The van der Waals surface area contributed by atoms with E-state index in [0.29, 0.717) is 12.1 Å². The summed E-state index contributed by atoms with van der Waals surface area (Å²) in [5, 5.41) is 11.6. The second-order valence-electron chi connectivity index (χ2n) is 5.38. The van der Waals surface area contributed by atoms with E-state index in [1.54, 1.807) is 24.3 Å². The summed E-state index contributed by atoms with van der Waals surface area (Å²) in [5.74, 6) is -1.09. The molecule has 1 atom stereocenters. The van der Waals surface area contributed by atoms with E-state index in [2.05, 4.69) is 5.32 Å². The van der Waals surface area contributed by atoms with Crippen molar-refractivity contribution in [3.05, 3.63) is 65.7 Å². The number of nitrogens with two attached hydrogens (primary N) is 1. The van der Waals surface area contributed by atoms with Gasteiger partial charge in [-0.15, -0.1) is 0 Å². The molecule has 0 spiro atoms. The first-order chi connectivity index (χ1) is 11.5. The summed E-state index contributed by atoms with van der Waals surface area (Å²) in [5.41, 5.74) is 7.99. The third-order valence-electron chi connectivity index (χ3n) is 3.50. The molecule has 6 heteroatoms. The second-order valence-corrected chi connectivity index (χ2v) is 5.38. The zero-order chi connectivity index (χ0) is 17.4. The summed E-state index contributed by atoms with van der Waals surface area (Å²) < 4.78 is 5.05. The highest BCUT2D eigenvalue weighted by Gasteiger charge is 2.20. The van der Waals surface area contributed by atoms with Crippen molar-refractivity contribution in [2.45, 2.75) is 25.5 Å². The SMILES string of the molecule is Nc1ccc(COC(=O)N[C@@H](CCc2ccccc2)C(=O)O)cc1. The van der Waals surface area contributed by atoms with E-state index < -0.39 is 18.1 Å². The number of anilines is 1. The van der Waals surface area contributed by atoms with Crippen LogP contribution in [0.3, 0.4) is 0 Å². The minimum absolute atomic E-state index is 0.0527. The number of carbonyl (C=O) groups is 2. The van der Waals surface area contributed by atoms with Crippen LogP contribution in [0.4, 0.5) is 10.5 Å². The van der Waals surface area contributed by atoms with Crippen molar-refractivity contribution in [2.75, 3.05) is 5.73 Å². The molecule has 2 aromatic rings. The molecule has 6 nitrogen and oxygen atoms in total. The molecule has 0 aliphatic carbocycles. The third-order valence-corrected chi connectivity index (χ3v) is 3.50. The van der Waals surface area contributed by atoms with Crippen molar-refractivity contribution >= 4 is 17.7 Å². The number of carboxylic acid groups (broad SMARTS) is 1. The Kier molecular flexibility index (Phi) is 6.19. The number of alkyl carbamates (subject to hydrolysis) is 1. The Morgan fingerprint density at radius 3 is 2.33 bits per heavy atom. The van der Waals surface area contributed by atoms with Gasteiger partial charge in [0.25, 0.3) is 0 Å². The molecule has 0 aromatic heterocycles. The molecule has 4 N–H and O–H groups in total. The number of carbonyl (C=O) groups excluding carboxylic acids is 1. The van der Waals surface area contributed by atoms with Gasteiger partial charge in [0.2, 0.25) is 0 Å². The maximum absolute atomic E-state index is 11.8. The fourth-order valence-corrected chi connectivity index (χ4v) is 2.16. The van der Waals surface area contributed by atoms with Gasteiger partial charge in [-0.2, -0.15) is 0 Å². The van der Waals surface area contributed by atoms with E-state index in [1.807, 2.05) is 30.3 Å². The summed E-state index contributed by atoms with van der Waals surface area (Å²) >= 11 is 0. The third kappa shape index (κ3) is 5.64. The molecule has 0 bridgehead atoms. The molecule has 0 aliphatic rings. The summed E-state index contributed by atoms with van der Waals surface area (Å²) in [6, 6.07) is 15.4. The summed E-state index contributed by atoms with van der Waals surface area (Å²) in [6.07, 6.45) is 0.0825. The Balaban J connectivity index is 1.82. The Hall–Kier alpha value is -3.02. The lowest BCUT2D eigenvalue weighted by atomic mass is 10.1. The van der Waals surface area contributed by atoms with Gasteiger partial charge in [-0.3, -0.25) is 0 Å². The van der Waals surface area contributed by atoms with E-state index in [-0.39, 0.29) is 13.0 Å². The number of benzene rings is 2. The van der Waals surface area contributed by atoms with Crippen molar-refractivity contribution in [1.82, 2.24) is 5.32 Å². The lowest BCUT2D eigenvalue weighted by Crippen LogP contribution is -2.41. The second kappa shape index (κ2) is 8.57. The smallest absolute Gasteiger partial charge is 0.408 e. The van der Waals surface area contributed by atoms with Crippen molar-refractivity contribution in [3.63, 3.8) is 0 Å². The largest absolute Gasteiger partial charge is 0.480 e. The number of ether oxygens (including phenoxy) is 1. The van der Waals surface area contributed by atoms with E-state index in [4.69, 9.17) is 10.5 Å². The number of nitrogens with one attached hydrogen (secondary N) is 1. The molecule has 2 rings (SSSR count). The number of nitrogen functional groups attached to an aromatic ring is 1. The van der Waals surface area contributed by atoms with Crippen molar-refractivity contribution < 1.29 is 19.4 Å².